The smallest absolute Gasteiger partial charge is 0.343 e. The fourth-order valence-corrected chi connectivity index (χ4v) is 3.96. The average molecular weight is 537 g/mol. The van der Waals surface area contributed by atoms with Crippen LogP contribution in [0.5, 0.6) is 11.5 Å². The van der Waals surface area contributed by atoms with Crippen molar-refractivity contribution in [3.05, 3.63) is 135 Å². The Morgan fingerprint density at radius 2 is 1.38 bits per heavy atom. The van der Waals surface area contributed by atoms with Crippen molar-refractivity contribution in [3.63, 3.8) is 0 Å². The van der Waals surface area contributed by atoms with E-state index in [4.69, 9.17) is 21.1 Å². The second-order valence-corrected chi connectivity index (χ2v) is 9.36. The van der Waals surface area contributed by atoms with Gasteiger partial charge in [-0.15, -0.1) is 0 Å². The van der Waals surface area contributed by atoms with Crippen molar-refractivity contribution in [2.45, 2.75) is 13.8 Å². The zero-order valence-corrected chi connectivity index (χ0v) is 22.9. The summed E-state index contributed by atoms with van der Waals surface area (Å²) in [6.07, 6.45) is 2.05. The van der Waals surface area contributed by atoms with Gasteiger partial charge in [-0.3, -0.25) is 0 Å². The molecule has 39 heavy (non-hydrogen) atoms. The molecule has 0 bridgehead atoms. The Hall–Kier alpha value is -4.46. The molecule has 0 aromatic heterocycles. The quantitative estimate of drug-likeness (QED) is 0.174. The van der Waals surface area contributed by atoms with Crippen molar-refractivity contribution >= 4 is 23.1 Å². The molecule has 0 N–H and O–H groups in total. The molecule has 4 aromatic rings. The highest BCUT2D eigenvalue weighted by Crippen LogP contribution is 2.27. The molecule has 0 spiro atoms. The Kier molecular flexibility index (Phi) is 9.45. The summed E-state index contributed by atoms with van der Waals surface area (Å²) < 4.78 is 16.2. The monoisotopic (exact) mass is 536 g/mol. The third-order valence-electron chi connectivity index (χ3n) is 6.01. The minimum atomic E-state index is -0.430. The van der Waals surface area contributed by atoms with Gasteiger partial charge in [0.15, 0.2) is 6.61 Å². The molecule has 0 aliphatic heterocycles. The number of carbonyl (C=O) groups is 1. The number of esters is 1. The van der Waals surface area contributed by atoms with Crippen molar-refractivity contribution in [2.24, 2.45) is 0 Å². The SMILES string of the molecule is COC(=O)COc1ccc(OCC=C(c2ccc(Cl)cc2)c2ccc(C#Cc3ccc(C)cc3)cc2)cc1C. The normalized spacial score (nSPS) is 10.8. The van der Waals surface area contributed by atoms with Crippen LogP contribution in [0.15, 0.2) is 97.1 Å². The molecule has 0 saturated carbocycles. The lowest BCUT2D eigenvalue weighted by Crippen LogP contribution is -2.13. The lowest BCUT2D eigenvalue weighted by atomic mass is 9.97. The number of hydrogen-bond acceptors (Lipinski definition) is 4. The number of methoxy groups -OCH3 is 1. The Balaban J connectivity index is 1.50. The zero-order chi connectivity index (χ0) is 27.6. The van der Waals surface area contributed by atoms with Crippen LogP contribution in [0, 0.1) is 25.7 Å². The number of hydrogen-bond donors (Lipinski definition) is 0. The highest BCUT2D eigenvalue weighted by Gasteiger charge is 2.08. The van der Waals surface area contributed by atoms with Crippen LogP contribution in [0.25, 0.3) is 5.57 Å². The molecule has 196 valence electrons. The van der Waals surface area contributed by atoms with E-state index in [0.29, 0.717) is 23.1 Å². The molecule has 0 heterocycles. The van der Waals surface area contributed by atoms with Crippen molar-refractivity contribution in [1.82, 2.24) is 0 Å². The number of ether oxygens (including phenoxy) is 3. The molecule has 0 atom stereocenters. The summed E-state index contributed by atoms with van der Waals surface area (Å²) in [7, 11) is 1.33. The molecular formula is C34H29ClO4. The third-order valence-corrected chi connectivity index (χ3v) is 6.26. The fourth-order valence-electron chi connectivity index (χ4n) is 3.84. The van der Waals surface area contributed by atoms with Crippen molar-refractivity contribution in [1.29, 1.82) is 0 Å². The number of aryl methyl sites for hydroxylation is 2. The highest BCUT2D eigenvalue weighted by molar-refractivity contribution is 6.30. The van der Waals surface area contributed by atoms with Crippen LogP contribution < -0.4 is 9.47 Å². The summed E-state index contributed by atoms with van der Waals surface area (Å²) in [4.78, 5) is 11.3. The summed E-state index contributed by atoms with van der Waals surface area (Å²) in [5.74, 6) is 7.34. The first-order valence-corrected chi connectivity index (χ1v) is 12.9. The van der Waals surface area contributed by atoms with Gasteiger partial charge < -0.3 is 14.2 Å². The van der Waals surface area contributed by atoms with Crippen LogP contribution in [0.3, 0.4) is 0 Å². The van der Waals surface area contributed by atoms with Gasteiger partial charge in [0.1, 0.15) is 18.1 Å². The van der Waals surface area contributed by atoms with Crippen LogP contribution in [0.4, 0.5) is 0 Å². The molecule has 0 aliphatic carbocycles. The summed E-state index contributed by atoms with van der Waals surface area (Å²) in [5.41, 5.74) is 7.11. The van der Waals surface area contributed by atoms with Crippen molar-refractivity contribution < 1.29 is 19.0 Å². The van der Waals surface area contributed by atoms with Gasteiger partial charge in [0.05, 0.1) is 7.11 Å². The molecule has 4 aromatic carbocycles. The Morgan fingerprint density at radius 3 is 1.97 bits per heavy atom. The second kappa shape index (κ2) is 13.4. The van der Waals surface area contributed by atoms with Gasteiger partial charge in [0, 0.05) is 16.1 Å². The number of benzene rings is 4. The minimum Gasteiger partial charge on any atom is -0.489 e. The van der Waals surface area contributed by atoms with E-state index in [-0.39, 0.29) is 6.61 Å². The van der Waals surface area contributed by atoms with E-state index in [2.05, 4.69) is 47.8 Å². The molecule has 0 fully saturated rings. The van der Waals surface area contributed by atoms with E-state index >= 15 is 0 Å². The van der Waals surface area contributed by atoms with Crippen LogP contribution in [0.1, 0.15) is 33.4 Å². The van der Waals surface area contributed by atoms with Crippen LogP contribution in [-0.2, 0) is 9.53 Å². The number of rotatable bonds is 8. The maximum atomic E-state index is 11.3. The van der Waals surface area contributed by atoms with Crippen LogP contribution in [-0.4, -0.2) is 26.3 Å². The first-order chi connectivity index (χ1) is 18.9. The van der Waals surface area contributed by atoms with E-state index < -0.39 is 5.97 Å². The fraction of sp³-hybridized carbons (Fsp3) is 0.147. The van der Waals surface area contributed by atoms with E-state index in [0.717, 1.165) is 33.4 Å². The third kappa shape index (κ3) is 8.01. The van der Waals surface area contributed by atoms with Crippen molar-refractivity contribution in [3.8, 4) is 23.3 Å². The van der Waals surface area contributed by atoms with Crippen LogP contribution >= 0.6 is 11.6 Å². The summed E-state index contributed by atoms with van der Waals surface area (Å²) in [5, 5.41) is 0.682. The van der Waals surface area contributed by atoms with Gasteiger partial charge >= 0.3 is 5.97 Å². The van der Waals surface area contributed by atoms with Gasteiger partial charge in [0.2, 0.25) is 0 Å². The lowest BCUT2D eigenvalue weighted by Gasteiger charge is -2.12. The summed E-state index contributed by atoms with van der Waals surface area (Å²) in [6.45, 7) is 4.18. The maximum Gasteiger partial charge on any atom is 0.343 e. The predicted octanol–water partition coefficient (Wildman–Crippen LogP) is 7.42. The van der Waals surface area contributed by atoms with E-state index in [1.165, 1.54) is 12.7 Å². The van der Waals surface area contributed by atoms with E-state index in [1.54, 1.807) is 6.07 Å². The minimum absolute atomic E-state index is 0.138. The Morgan fingerprint density at radius 1 is 0.795 bits per heavy atom. The molecule has 0 radical (unpaired) electrons. The zero-order valence-electron chi connectivity index (χ0n) is 22.2. The topological polar surface area (TPSA) is 44.8 Å². The maximum absolute atomic E-state index is 11.3. The summed E-state index contributed by atoms with van der Waals surface area (Å²) in [6, 6.07) is 29.6. The predicted molar refractivity (Wildman–Crippen MR) is 156 cm³/mol. The van der Waals surface area contributed by atoms with Crippen LogP contribution in [0.2, 0.25) is 5.02 Å². The number of carbonyl (C=O) groups excluding carboxylic acids is 1. The molecule has 5 heteroatoms. The van der Waals surface area contributed by atoms with Gasteiger partial charge in [-0.2, -0.15) is 0 Å². The molecule has 0 saturated heterocycles. The second-order valence-electron chi connectivity index (χ2n) is 8.92. The molecule has 4 nitrogen and oxygen atoms in total. The summed E-state index contributed by atoms with van der Waals surface area (Å²) >= 11 is 6.14. The van der Waals surface area contributed by atoms with E-state index in [1.807, 2.05) is 73.7 Å². The molecule has 0 amide bonds. The van der Waals surface area contributed by atoms with E-state index in [9.17, 15) is 4.79 Å². The molecule has 0 unspecified atom stereocenters. The Bertz CT molecular complexity index is 1510. The molecule has 0 aliphatic rings. The molecular weight excluding hydrogens is 508 g/mol. The van der Waals surface area contributed by atoms with Gasteiger partial charge in [-0.05, 0) is 96.8 Å². The largest absolute Gasteiger partial charge is 0.489 e. The Labute approximate surface area is 234 Å². The number of halogens is 1. The average Bonchev–Trinajstić information content (AvgIpc) is 2.95. The van der Waals surface area contributed by atoms with Crippen molar-refractivity contribution in [2.75, 3.05) is 20.3 Å². The molecule has 4 rings (SSSR count). The first-order valence-electron chi connectivity index (χ1n) is 12.5. The highest BCUT2D eigenvalue weighted by atomic mass is 35.5. The first kappa shape index (κ1) is 27.6. The lowest BCUT2D eigenvalue weighted by molar-refractivity contribution is -0.142. The van der Waals surface area contributed by atoms with Gasteiger partial charge in [0.25, 0.3) is 0 Å². The van der Waals surface area contributed by atoms with Gasteiger partial charge in [-0.25, -0.2) is 4.79 Å². The van der Waals surface area contributed by atoms with Gasteiger partial charge in [-0.1, -0.05) is 65.4 Å². The standard InChI is InChI=1S/C34H29ClO4/c1-24-4-6-26(7-5-24)8-9-27-10-12-28(13-11-27)32(29-14-16-30(35)17-15-29)20-21-38-31-18-19-33(25(2)22-31)39-23-34(36)37-3/h4-7,10-20,22H,21,23H2,1-3H3.